The van der Waals surface area contributed by atoms with E-state index in [4.69, 9.17) is 9.47 Å². The van der Waals surface area contributed by atoms with Crippen molar-refractivity contribution in [2.45, 2.75) is 20.3 Å². The van der Waals surface area contributed by atoms with Gasteiger partial charge in [-0.1, -0.05) is 37.3 Å². The Kier molecular flexibility index (Phi) is 9.63. The predicted octanol–water partition coefficient (Wildman–Crippen LogP) is 4.80. The largest absolute Gasteiger partial charge is 0.494 e. The third-order valence-corrected chi connectivity index (χ3v) is 4.76. The van der Waals surface area contributed by atoms with E-state index in [0.29, 0.717) is 18.8 Å². The SMILES string of the molecule is CCCOc1ccc(/C=C(\NC(=O)c2ccccc2)C(=O)NN=Cc2ccc(OCC)cc2)cc1. The lowest BCUT2D eigenvalue weighted by molar-refractivity contribution is -0.117. The van der Waals surface area contributed by atoms with Gasteiger partial charge < -0.3 is 14.8 Å². The van der Waals surface area contributed by atoms with Gasteiger partial charge in [0.2, 0.25) is 0 Å². The van der Waals surface area contributed by atoms with Gasteiger partial charge in [-0.15, -0.1) is 0 Å². The summed E-state index contributed by atoms with van der Waals surface area (Å²) in [6.45, 7) is 5.17. The molecule has 35 heavy (non-hydrogen) atoms. The van der Waals surface area contributed by atoms with E-state index in [1.54, 1.807) is 30.3 Å². The van der Waals surface area contributed by atoms with Crippen LogP contribution in [0.1, 0.15) is 41.8 Å². The van der Waals surface area contributed by atoms with Gasteiger partial charge in [0.25, 0.3) is 11.8 Å². The number of benzene rings is 3. The maximum Gasteiger partial charge on any atom is 0.287 e. The Morgan fingerprint density at radius 1 is 0.829 bits per heavy atom. The van der Waals surface area contributed by atoms with Gasteiger partial charge in [-0.25, -0.2) is 5.43 Å². The molecule has 0 heterocycles. The number of nitrogens with zero attached hydrogens (tertiary/aromatic N) is 1. The molecule has 0 aliphatic rings. The minimum absolute atomic E-state index is 0.0601. The highest BCUT2D eigenvalue weighted by atomic mass is 16.5. The molecular weight excluding hydrogens is 442 g/mol. The van der Waals surface area contributed by atoms with Crippen molar-refractivity contribution in [1.29, 1.82) is 0 Å². The molecule has 0 fully saturated rings. The maximum atomic E-state index is 12.9. The van der Waals surface area contributed by atoms with Crippen LogP contribution in [-0.4, -0.2) is 31.2 Å². The summed E-state index contributed by atoms with van der Waals surface area (Å²) < 4.78 is 11.0. The quantitative estimate of drug-likeness (QED) is 0.239. The van der Waals surface area contributed by atoms with Gasteiger partial charge in [0.15, 0.2) is 0 Å². The zero-order valence-corrected chi connectivity index (χ0v) is 19.9. The van der Waals surface area contributed by atoms with Crippen LogP contribution in [0.25, 0.3) is 6.08 Å². The Morgan fingerprint density at radius 2 is 1.46 bits per heavy atom. The molecule has 7 heteroatoms. The van der Waals surface area contributed by atoms with Crippen molar-refractivity contribution in [1.82, 2.24) is 10.7 Å². The van der Waals surface area contributed by atoms with E-state index in [1.807, 2.05) is 68.4 Å². The minimum atomic E-state index is -0.553. The molecular formula is C28H29N3O4. The van der Waals surface area contributed by atoms with Gasteiger partial charge in [0.05, 0.1) is 19.4 Å². The number of hydrazone groups is 1. The second-order valence-electron chi connectivity index (χ2n) is 7.50. The lowest BCUT2D eigenvalue weighted by Crippen LogP contribution is -2.32. The fourth-order valence-electron chi connectivity index (χ4n) is 3.03. The molecule has 0 bridgehead atoms. The van der Waals surface area contributed by atoms with Gasteiger partial charge in [-0.3, -0.25) is 9.59 Å². The van der Waals surface area contributed by atoms with Crippen LogP contribution in [0.15, 0.2) is 89.7 Å². The zero-order chi connectivity index (χ0) is 24.9. The Bertz CT molecular complexity index is 1160. The van der Waals surface area contributed by atoms with Crippen LogP contribution in [0.5, 0.6) is 11.5 Å². The number of carbonyl (C=O) groups is 2. The molecule has 0 saturated carbocycles. The first-order valence-corrected chi connectivity index (χ1v) is 11.5. The molecule has 3 rings (SSSR count). The van der Waals surface area contributed by atoms with Gasteiger partial charge in [0, 0.05) is 5.56 Å². The van der Waals surface area contributed by atoms with Crippen molar-refractivity contribution < 1.29 is 19.1 Å². The van der Waals surface area contributed by atoms with Crippen LogP contribution in [0, 0.1) is 0 Å². The number of rotatable bonds is 11. The monoisotopic (exact) mass is 471 g/mol. The topological polar surface area (TPSA) is 89.0 Å². The van der Waals surface area contributed by atoms with E-state index >= 15 is 0 Å². The zero-order valence-electron chi connectivity index (χ0n) is 19.9. The second-order valence-corrected chi connectivity index (χ2v) is 7.50. The molecule has 0 radical (unpaired) electrons. The van der Waals surface area contributed by atoms with Crippen molar-refractivity contribution >= 4 is 24.1 Å². The van der Waals surface area contributed by atoms with Crippen molar-refractivity contribution in [3.63, 3.8) is 0 Å². The Balaban J connectivity index is 1.75. The molecule has 180 valence electrons. The molecule has 2 amide bonds. The van der Waals surface area contributed by atoms with Gasteiger partial charge >= 0.3 is 0 Å². The number of nitrogens with one attached hydrogen (secondary N) is 2. The fourth-order valence-corrected chi connectivity index (χ4v) is 3.03. The fraction of sp³-hybridized carbons (Fsp3) is 0.179. The molecule has 0 spiro atoms. The van der Waals surface area contributed by atoms with Gasteiger partial charge in [0.1, 0.15) is 17.2 Å². The first-order valence-electron chi connectivity index (χ1n) is 11.5. The van der Waals surface area contributed by atoms with E-state index in [2.05, 4.69) is 15.8 Å². The molecule has 0 unspecified atom stereocenters. The second kappa shape index (κ2) is 13.3. The summed E-state index contributed by atoms with van der Waals surface area (Å²) in [5.74, 6) is 0.546. The summed E-state index contributed by atoms with van der Waals surface area (Å²) in [7, 11) is 0. The predicted molar refractivity (Wildman–Crippen MR) is 137 cm³/mol. The van der Waals surface area contributed by atoms with Crippen molar-refractivity contribution in [3.05, 3.63) is 101 Å². The lowest BCUT2D eigenvalue weighted by Gasteiger charge is -2.10. The summed E-state index contributed by atoms with van der Waals surface area (Å²) in [6.07, 6.45) is 4.02. The highest BCUT2D eigenvalue weighted by molar-refractivity contribution is 6.05. The van der Waals surface area contributed by atoms with Crippen molar-refractivity contribution in [2.24, 2.45) is 5.10 Å². The highest BCUT2D eigenvalue weighted by Crippen LogP contribution is 2.15. The van der Waals surface area contributed by atoms with Crippen LogP contribution < -0.4 is 20.2 Å². The number of hydrogen-bond donors (Lipinski definition) is 2. The number of ether oxygens (including phenoxy) is 2. The average Bonchev–Trinajstić information content (AvgIpc) is 2.89. The Labute approximate surface area is 205 Å². The van der Waals surface area contributed by atoms with E-state index in [1.165, 1.54) is 6.21 Å². The first-order chi connectivity index (χ1) is 17.1. The van der Waals surface area contributed by atoms with Crippen LogP contribution in [0.4, 0.5) is 0 Å². The maximum absolute atomic E-state index is 12.9. The minimum Gasteiger partial charge on any atom is -0.494 e. The van der Waals surface area contributed by atoms with Crippen LogP contribution in [-0.2, 0) is 4.79 Å². The van der Waals surface area contributed by atoms with Crippen molar-refractivity contribution in [3.8, 4) is 11.5 Å². The Hall–Kier alpha value is -4.39. The molecule has 2 N–H and O–H groups in total. The van der Waals surface area contributed by atoms with Crippen LogP contribution >= 0.6 is 0 Å². The highest BCUT2D eigenvalue weighted by Gasteiger charge is 2.14. The number of amides is 2. The van der Waals surface area contributed by atoms with Crippen LogP contribution in [0.2, 0.25) is 0 Å². The normalized spacial score (nSPS) is 11.2. The molecule has 3 aromatic carbocycles. The third-order valence-electron chi connectivity index (χ3n) is 4.76. The van der Waals surface area contributed by atoms with E-state index in [-0.39, 0.29) is 5.70 Å². The molecule has 0 atom stereocenters. The molecule has 7 nitrogen and oxygen atoms in total. The van der Waals surface area contributed by atoms with Crippen molar-refractivity contribution in [2.75, 3.05) is 13.2 Å². The first kappa shape index (κ1) is 25.2. The van der Waals surface area contributed by atoms with Gasteiger partial charge in [-0.05, 0) is 79.1 Å². The molecule has 0 aromatic heterocycles. The lowest BCUT2D eigenvalue weighted by atomic mass is 10.1. The summed E-state index contributed by atoms with van der Waals surface area (Å²) in [4.78, 5) is 25.6. The standard InChI is InChI=1S/C28H29N3O4/c1-3-18-35-25-14-10-21(11-15-25)19-26(30-27(32)23-8-6-5-7-9-23)28(33)31-29-20-22-12-16-24(17-13-22)34-4-2/h5-17,19-20H,3-4,18H2,1-2H3,(H,30,32)(H,31,33)/b26-19-,29-20?. The van der Waals surface area contributed by atoms with Crippen LogP contribution in [0.3, 0.4) is 0 Å². The molecule has 3 aromatic rings. The average molecular weight is 472 g/mol. The van der Waals surface area contributed by atoms with E-state index in [0.717, 1.165) is 29.0 Å². The van der Waals surface area contributed by atoms with E-state index < -0.39 is 11.8 Å². The molecule has 0 aliphatic carbocycles. The van der Waals surface area contributed by atoms with E-state index in [9.17, 15) is 9.59 Å². The summed E-state index contributed by atoms with van der Waals surface area (Å²) in [6, 6.07) is 23.3. The molecule has 0 saturated heterocycles. The summed E-state index contributed by atoms with van der Waals surface area (Å²) in [5, 5.41) is 6.72. The van der Waals surface area contributed by atoms with Gasteiger partial charge in [-0.2, -0.15) is 5.10 Å². The number of hydrogen-bond acceptors (Lipinski definition) is 5. The Morgan fingerprint density at radius 3 is 2.09 bits per heavy atom. The molecule has 0 aliphatic heterocycles. The third kappa shape index (κ3) is 8.16. The summed E-state index contributed by atoms with van der Waals surface area (Å²) >= 11 is 0. The summed E-state index contributed by atoms with van der Waals surface area (Å²) in [5.41, 5.74) is 4.49. The smallest absolute Gasteiger partial charge is 0.287 e. The number of carbonyl (C=O) groups excluding carboxylic acids is 2.